The van der Waals surface area contributed by atoms with E-state index in [1.807, 2.05) is 0 Å². The third-order valence-electron chi connectivity index (χ3n) is 4.12. The number of halogens is 1. The van der Waals surface area contributed by atoms with E-state index in [4.69, 9.17) is 0 Å². The molecule has 1 aromatic heterocycles. The Hall–Kier alpha value is -2.02. The van der Waals surface area contributed by atoms with Crippen LogP contribution < -0.4 is 10.2 Å². The monoisotopic (exact) mass is 362 g/mol. The fourth-order valence-electron chi connectivity index (χ4n) is 2.54. The van der Waals surface area contributed by atoms with E-state index in [1.54, 1.807) is 12.1 Å². The van der Waals surface area contributed by atoms with Crippen molar-refractivity contribution in [2.45, 2.75) is 51.6 Å². The lowest BCUT2D eigenvalue weighted by molar-refractivity contribution is -0.121. The highest BCUT2D eigenvalue weighted by molar-refractivity contribution is 7.09. The molecule has 1 aromatic carbocycles. The lowest BCUT2D eigenvalue weighted by atomic mass is 10.1. The highest BCUT2D eigenvalue weighted by Gasteiger charge is 2.24. The van der Waals surface area contributed by atoms with Crippen LogP contribution in [0.2, 0.25) is 0 Å². The zero-order valence-electron chi connectivity index (χ0n) is 14.5. The molecule has 25 heavy (non-hydrogen) atoms. The predicted octanol–water partition coefficient (Wildman–Crippen LogP) is 3.15. The summed E-state index contributed by atoms with van der Waals surface area (Å²) in [6.07, 6.45) is 3.23. The van der Waals surface area contributed by atoms with Crippen LogP contribution in [0, 0.1) is 5.82 Å². The number of hydrogen-bond acceptors (Lipinski definition) is 5. The fraction of sp³-hybridized carbons (Fsp3) is 0.500. The second-order valence-corrected chi connectivity index (χ2v) is 7.41. The minimum absolute atomic E-state index is 0.101. The topological polar surface area (TPSA) is 58.1 Å². The van der Waals surface area contributed by atoms with E-state index in [0.29, 0.717) is 25.4 Å². The van der Waals surface area contributed by atoms with E-state index in [2.05, 4.69) is 33.4 Å². The molecular weight excluding hydrogens is 339 g/mol. The maximum atomic E-state index is 13.0. The molecule has 0 aliphatic heterocycles. The maximum Gasteiger partial charge on any atom is 0.221 e. The first-order valence-electron chi connectivity index (χ1n) is 8.64. The lowest BCUT2D eigenvalue weighted by Gasteiger charge is -2.25. The molecule has 7 heteroatoms. The van der Waals surface area contributed by atoms with Crippen LogP contribution in [0.1, 0.15) is 44.5 Å². The van der Waals surface area contributed by atoms with Crippen LogP contribution in [0.4, 0.5) is 9.52 Å². The van der Waals surface area contributed by atoms with Crippen molar-refractivity contribution in [2.75, 3.05) is 11.4 Å². The van der Waals surface area contributed by atoms with E-state index >= 15 is 0 Å². The molecule has 1 heterocycles. The second-order valence-electron chi connectivity index (χ2n) is 6.68. The number of aromatic nitrogens is 2. The number of hydrogen-bond donors (Lipinski definition) is 1. The Labute approximate surface area is 151 Å². The summed E-state index contributed by atoms with van der Waals surface area (Å²) < 4.78 is 17.4. The van der Waals surface area contributed by atoms with E-state index < -0.39 is 0 Å². The summed E-state index contributed by atoms with van der Waals surface area (Å²) in [7, 11) is 0. The van der Waals surface area contributed by atoms with E-state index in [9.17, 15) is 9.18 Å². The number of anilines is 1. The number of benzene rings is 1. The van der Waals surface area contributed by atoms with E-state index in [0.717, 1.165) is 29.4 Å². The molecule has 1 amide bonds. The van der Waals surface area contributed by atoms with Gasteiger partial charge in [0.2, 0.25) is 11.0 Å². The molecule has 134 valence electrons. The number of nitrogens with one attached hydrogen (secondary N) is 1. The van der Waals surface area contributed by atoms with Crippen molar-refractivity contribution in [3.05, 3.63) is 41.5 Å². The Morgan fingerprint density at radius 2 is 2.08 bits per heavy atom. The molecule has 1 N–H and O–H groups in total. The number of amides is 1. The summed E-state index contributed by atoms with van der Waals surface area (Å²) in [5, 5.41) is 3.84. The van der Waals surface area contributed by atoms with Crippen LogP contribution in [-0.2, 0) is 11.2 Å². The van der Waals surface area contributed by atoms with Crippen molar-refractivity contribution in [1.29, 1.82) is 0 Å². The normalized spacial score (nSPS) is 13.9. The largest absolute Gasteiger partial charge is 0.353 e. The van der Waals surface area contributed by atoms with Crippen molar-refractivity contribution < 1.29 is 9.18 Å². The zero-order chi connectivity index (χ0) is 17.8. The van der Waals surface area contributed by atoms with Gasteiger partial charge in [-0.25, -0.2) is 9.37 Å². The Morgan fingerprint density at radius 1 is 1.36 bits per heavy atom. The van der Waals surface area contributed by atoms with Gasteiger partial charge in [-0.1, -0.05) is 12.1 Å². The minimum Gasteiger partial charge on any atom is -0.353 e. The van der Waals surface area contributed by atoms with Gasteiger partial charge in [0.25, 0.3) is 0 Å². The SMILES string of the molecule is CC(C)N(CCC(=O)NC1CC1)c1nc(Cc2ccc(F)cc2)ns1. The number of nitrogens with zero attached hydrogens (tertiary/aromatic N) is 3. The standard InChI is InChI=1S/C18H23FN4OS/c1-12(2)23(10-9-17(24)20-15-7-8-15)18-21-16(22-25-18)11-13-3-5-14(19)6-4-13/h3-6,12,15H,7-11H2,1-2H3,(H,20,24). The van der Waals surface area contributed by atoms with Gasteiger partial charge in [0.15, 0.2) is 0 Å². The molecule has 0 spiro atoms. The first-order chi connectivity index (χ1) is 12.0. The molecular formula is C18H23FN4OS. The van der Waals surface area contributed by atoms with E-state index in [-0.39, 0.29) is 17.8 Å². The summed E-state index contributed by atoms with van der Waals surface area (Å²) in [6.45, 7) is 4.79. The average molecular weight is 362 g/mol. The summed E-state index contributed by atoms with van der Waals surface area (Å²) in [6, 6.07) is 7.02. The van der Waals surface area contributed by atoms with Gasteiger partial charge in [0.1, 0.15) is 11.6 Å². The van der Waals surface area contributed by atoms with Crippen LogP contribution >= 0.6 is 11.5 Å². The molecule has 1 aliphatic rings. The average Bonchev–Trinajstić information content (AvgIpc) is 3.26. The van der Waals surface area contributed by atoms with Gasteiger partial charge in [-0.2, -0.15) is 4.37 Å². The highest BCUT2D eigenvalue weighted by atomic mass is 32.1. The van der Waals surface area contributed by atoms with Crippen molar-refractivity contribution in [1.82, 2.24) is 14.7 Å². The maximum absolute atomic E-state index is 13.0. The van der Waals surface area contributed by atoms with Crippen molar-refractivity contribution in [3.63, 3.8) is 0 Å². The minimum atomic E-state index is -0.244. The highest BCUT2D eigenvalue weighted by Crippen LogP contribution is 2.22. The molecule has 1 saturated carbocycles. The Bertz CT molecular complexity index is 712. The van der Waals surface area contributed by atoms with Gasteiger partial charge in [-0.05, 0) is 44.4 Å². The molecule has 0 unspecified atom stereocenters. The Balaban J connectivity index is 1.60. The molecule has 2 aromatic rings. The van der Waals surface area contributed by atoms with Gasteiger partial charge in [0, 0.05) is 43.0 Å². The molecule has 3 rings (SSSR count). The van der Waals surface area contributed by atoms with Crippen LogP contribution in [0.15, 0.2) is 24.3 Å². The van der Waals surface area contributed by atoms with Gasteiger partial charge in [0.05, 0.1) is 0 Å². The quantitative estimate of drug-likeness (QED) is 0.784. The first-order valence-corrected chi connectivity index (χ1v) is 9.41. The number of rotatable bonds is 8. The third kappa shape index (κ3) is 5.22. The number of carbonyl (C=O) groups is 1. The lowest BCUT2D eigenvalue weighted by Crippen LogP contribution is -2.35. The van der Waals surface area contributed by atoms with Gasteiger partial charge >= 0.3 is 0 Å². The molecule has 5 nitrogen and oxygen atoms in total. The van der Waals surface area contributed by atoms with Crippen molar-refractivity contribution >= 4 is 22.6 Å². The van der Waals surface area contributed by atoms with Crippen LogP contribution in [0.5, 0.6) is 0 Å². The van der Waals surface area contributed by atoms with Crippen molar-refractivity contribution in [3.8, 4) is 0 Å². The summed E-state index contributed by atoms with van der Waals surface area (Å²) in [5.74, 6) is 0.579. The van der Waals surface area contributed by atoms with Gasteiger partial charge in [-0.3, -0.25) is 4.79 Å². The Kier molecular flexibility index (Phi) is 5.63. The van der Waals surface area contributed by atoms with Crippen LogP contribution in [-0.4, -0.2) is 33.9 Å². The van der Waals surface area contributed by atoms with Crippen LogP contribution in [0.3, 0.4) is 0 Å². The molecule has 0 bridgehead atoms. The van der Waals surface area contributed by atoms with Gasteiger partial charge in [-0.15, -0.1) is 0 Å². The summed E-state index contributed by atoms with van der Waals surface area (Å²) in [4.78, 5) is 18.6. The predicted molar refractivity (Wildman–Crippen MR) is 97.4 cm³/mol. The first kappa shape index (κ1) is 17.8. The third-order valence-corrected chi connectivity index (χ3v) is 4.92. The summed E-state index contributed by atoms with van der Waals surface area (Å²) in [5.41, 5.74) is 0.977. The van der Waals surface area contributed by atoms with Crippen LogP contribution in [0.25, 0.3) is 0 Å². The number of carbonyl (C=O) groups excluding carboxylic acids is 1. The molecule has 0 saturated heterocycles. The molecule has 1 aliphatic carbocycles. The molecule has 0 atom stereocenters. The van der Waals surface area contributed by atoms with Gasteiger partial charge < -0.3 is 10.2 Å². The Morgan fingerprint density at radius 3 is 2.72 bits per heavy atom. The molecule has 0 radical (unpaired) electrons. The molecule has 1 fully saturated rings. The zero-order valence-corrected chi connectivity index (χ0v) is 15.4. The summed E-state index contributed by atoms with van der Waals surface area (Å²) >= 11 is 1.35. The smallest absolute Gasteiger partial charge is 0.221 e. The van der Waals surface area contributed by atoms with Crippen molar-refractivity contribution in [2.24, 2.45) is 0 Å². The second kappa shape index (κ2) is 7.91. The fourth-order valence-corrected chi connectivity index (χ4v) is 3.39. The van der Waals surface area contributed by atoms with E-state index in [1.165, 1.54) is 23.7 Å².